The van der Waals surface area contributed by atoms with E-state index in [1.54, 1.807) is 24.3 Å². The normalized spacial score (nSPS) is 22.6. The van der Waals surface area contributed by atoms with Gasteiger partial charge in [0.25, 0.3) is 0 Å². The number of halogens is 1. The van der Waals surface area contributed by atoms with Gasteiger partial charge in [0.05, 0.1) is 10.1 Å². The molecule has 2 fully saturated rings. The van der Waals surface area contributed by atoms with Gasteiger partial charge in [-0.1, -0.05) is 47.0 Å². The van der Waals surface area contributed by atoms with Gasteiger partial charge in [-0.05, 0) is 61.1 Å². The zero-order valence-electron chi connectivity index (χ0n) is 14.9. The lowest BCUT2D eigenvalue weighted by molar-refractivity contribution is -0.117. The topological polar surface area (TPSA) is 63.2 Å². The number of rotatable bonds is 5. The molecule has 0 aliphatic heterocycles. The molecule has 2 aromatic rings. The second-order valence-corrected chi connectivity index (χ2v) is 10.6. The van der Waals surface area contributed by atoms with Crippen molar-refractivity contribution in [2.75, 3.05) is 5.32 Å². The van der Waals surface area contributed by atoms with Gasteiger partial charge in [0.1, 0.15) is 0 Å². The average molecular weight is 448 g/mol. The molecule has 27 heavy (non-hydrogen) atoms. The molecule has 1 amide bonds. The lowest BCUT2D eigenvalue weighted by Crippen LogP contribution is -2.19. The minimum atomic E-state index is -3.32. The van der Waals surface area contributed by atoms with Gasteiger partial charge in [-0.2, -0.15) is 0 Å². The highest BCUT2D eigenvalue weighted by molar-refractivity contribution is 9.10. The maximum absolute atomic E-state index is 12.8. The summed E-state index contributed by atoms with van der Waals surface area (Å²) in [6.07, 6.45) is 4.23. The van der Waals surface area contributed by atoms with Crippen molar-refractivity contribution in [1.29, 1.82) is 0 Å². The fourth-order valence-corrected chi connectivity index (χ4v) is 6.28. The lowest BCUT2D eigenvalue weighted by Gasteiger charge is -2.12. The molecule has 6 heteroatoms. The monoisotopic (exact) mass is 447 g/mol. The lowest BCUT2D eigenvalue weighted by atomic mass is 10.1. The Morgan fingerprint density at radius 3 is 2.52 bits per heavy atom. The largest absolute Gasteiger partial charge is 0.326 e. The molecule has 142 valence electrons. The number of carbonyl (C=O) groups excluding carboxylic acids is 1. The van der Waals surface area contributed by atoms with E-state index in [2.05, 4.69) is 21.2 Å². The van der Waals surface area contributed by atoms with Gasteiger partial charge in [-0.25, -0.2) is 8.42 Å². The van der Waals surface area contributed by atoms with E-state index in [-0.39, 0.29) is 23.0 Å². The van der Waals surface area contributed by atoms with Crippen LogP contribution in [-0.4, -0.2) is 19.6 Å². The Bertz CT molecular complexity index is 967. The van der Waals surface area contributed by atoms with Gasteiger partial charge in [0, 0.05) is 16.1 Å². The molecule has 4 nitrogen and oxygen atoms in total. The van der Waals surface area contributed by atoms with Gasteiger partial charge in [-0.3, -0.25) is 4.79 Å². The summed E-state index contributed by atoms with van der Waals surface area (Å²) in [5, 5.41) is 2.62. The van der Waals surface area contributed by atoms with Crippen LogP contribution < -0.4 is 5.32 Å². The maximum Gasteiger partial charge on any atom is 0.228 e. The quantitative estimate of drug-likeness (QED) is 0.707. The fraction of sp³-hybridized carbons (Fsp3) is 0.381. The van der Waals surface area contributed by atoms with Gasteiger partial charge in [0.2, 0.25) is 5.91 Å². The molecular formula is C21H22BrNO3S. The van der Waals surface area contributed by atoms with Crippen LogP contribution in [0.25, 0.3) is 0 Å². The molecule has 2 unspecified atom stereocenters. The van der Waals surface area contributed by atoms with E-state index in [4.69, 9.17) is 0 Å². The van der Waals surface area contributed by atoms with Crippen molar-refractivity contribution < 1.29 is 13.2 Å². The van der Waals surface area contributed by atoms with Gasteiger partial charge >= 0.3 is 0 Å². The number of anilines is 1. The minimum absolute atomic E-state index is 0.0459. The van der Waals surface area contributed by atoms with Crippen molar-refractivity contribution in [3.8, 4) is 0 Å². The third kappa shape index (κ3) is 3.97. The molecule has 1 N–H and O–H groups in total. The second kappa shape index (κ2) is 7.40. The second-order valence-electron chi connectivity index (χ2n) is 7.47. The van der Waals surface area contributed by atoms with Crippen molar-refractivity contribution in [1.82, 2.24) is 0 Å². The Morgan fingerprint density at radius 2 is 1.78 bits per heavy atom. The Morgan fingerprint density at radius 1 is 1.04 bits per heavy atom. The molecule has 2 aliphatic carbocycles. The smallest absolute Gasteiger partial charge is 0.228 e. The number of hydrogen-bond acceptors (Lipinski definition) is 3. The number of benzene rings is 2. The third-order valence-corrected chi connectivity index (χ3v) is 8.33. The van der Waals surface area contributed by atoms with Crippen molar-refractivity contribution >= 4 is 37.4 Å². The molecule has 0 spiro atoms. The van der Waals surface area contributed by atoms with Crippen LogP contribution in [0.3, 0.4) is 0 Å². The molecule has 0 aromatic heterocycles. The van der Waals surface area contributed by atoms with Crippen LogP contribution in [0, 0.1) is 5.92 Å². The van der Waals surface area contributed by atoms with Crippen LogP contribution in [0.15, 0.2) is 57.9 Å². The molecule has 2 aromatic carbocycles. The standard InChI is InChI=1S/C21H22BrNO3S/c22-15-6-3-5-14(11-15)19-13-20(19)21(24)23-16-7-4-10-18(12-16)27(25,26)17-8-1-2-9-17/h3-7,10-12,17,19-20H,1-2,8-9,13H2,(H,23,24). The highest BCUT2D eigenvalue weighted by Crippen LogP contribution is 2.48. The van der Waals surface area contributed by atoms with E-state index in [9.17, 15) is 13.2 Å². The van der Waals surface area contributed by atoms with Gasteiger partial charge in [0.15, 0.2) is 9.84 Å². The maximum atomic E-state index is 12.8. The highest BCUT2D eigenvalue weighted by atomic mass is 79.9. The zero-order chi connectivity index (χ0) is 19.0. The first kappa shape index (κ1) is 18.7. The molecule has 2 atom stereocenters. The summed E-state index contributed by atoms with van der Waals surface area (Å²) in [6, 6.07) is 14.7. The van der Waals surface area contributed by atoms with Crippen LogP contribution in [0.2, 0.25) is 0 Å². The molecular weight excluding hydrogens is 426 g/mol. The molecule has 4 rings (SSSR count). The highest BCUT2D eigenvalue weighted by Gasteiger charge is 2.44. The fourth-order valence-electron chi connectivity index (χ4n) is 3.97. The SMILES string of the molecule is O=C(Nc1cccc(S(=O)(=O)C2CCCC2)c1)C1CC1c1cccc(Br)c1. The molecule has 2 saturated carbocycles. The van der Waals surface area contributed by atoms with Gasteiger partial charge < -0.3 is 5.32 Å². The van der Waals surface area contributed by atoms with Crippen LogP contribution >= 0.6 is 15.9 Å². The third-order valence-electron chi connectivity index (χ3n) is 5.58. The van der Waals surface area contributed by atoms with E-state index in [0.717, 1.165) is 42.1 Å². The van der Waals surface area contributed by atoms with Gasteiger partial charge in [-0.15, -0.1) is 0 Å². The number of amides is 1. The number of hydrogen-bond donors (Lipinski definition) is 1. The van der Waals surface area contributed by atoms with E-state index in [1.165, 1.54) is 0 Å². The van der Waals surface area contributed by atoms with Crippen LogP contribution in [0.1, 0.15) is 43.6 Å². The summed E-state index contributed by atoms with van der Waals surface area (Å²) in [5.41, 5.74) is 1.71. The Kier molecular flexibility index (Phi) is 5.12. The minimum Gasteiger partial charge on any atom is -0.326 e. The zero-order valence-corrected chi connectivity index (χ0v) is 17.3. The molecule has 2 aliphatic rings. The summed E-state index contributed by atoms with van der Waals surface area (Å²) in [6.45, 7) is 0. The first-order valence-corrected chi connectivity index (χ1v) is 11.7. The van der Waals surface area contributed by atoms with E-state index in [0.29, 0.717) is 10.6 Å². The summed E-state index contributed by atoms with van der Waals surface area (Å²) in [5.74, 6) is 0.123. The van der Waals surface area contributed by atoms with E-state index < -0.39 is 9.84 Å². The van der Waals surface area contributed by atoms with Crippen molar-refractivity contribution in [2.45, 2.75) is 48.2 Å². The Labute approximate surface area is 168 Å². The van der Waals surface area contributed by atoms with E-state index >= 15 is 0 Å². The van der Waals surface area contributed by atoms with Crippen molar-refractivity contribution in [2.24, 2.45) is 5.92 Å². The molecule has 0 saturated heterocycles. The molecule has 0 heterocycles. The summed E-state index contributed by atoms with van der Waals surface area (Å²) in [4.78, 5) is 12.9. The number of carbonyl (C=O) groups is 1. The van der Waals surface area contributed by atoms with Crippen LogP contribution in [-0.2, 0) is 14.6 Å². The van der Waals surface area contributed by atoms with E-state index in [1.807, 2.05) is 24.3 Å². The average Bonchev–Trinajstić information content (AvgIpc) is 3.26. The summed E-state index contributed by atoms with van der Waals surface area (Å²) in [7, 11) is -3.32. The number of nitrogens with one attached hydrogen (secondary N) is 1. The summed E-state index contributed by atoms with van der Waals surface area (Å²) < 4.78 is 26.6. The van der Waals surface area contributed by atoms with Crippen LogP contribution in [0.4, 0.5) is 5.69 Å². The molecule has 0 radical (unpaired) electrons. The Balaban J connectivity index is 1.45. The predicted molar refractivity (Wildman–Crippen MR) is 110 cm³/mol. The Hall–Kier alpha value is -1.66. The van der Waals surface area contributed by atoms with Crippen molar-refractivity contribution in [3.63, 3.8) is 0 Å². The predicted octanol–water partition coefficient (Wildman–Crippen LogP) is 4.91. The van der Waals surface area contributed by atoms with Crippen molar-refractivity contribution in [3.05, 3.63) is 58.6 Å². The first-order valence-electron chi connectivity index (χ1n) is 9.35. The molecule has 0 bridgehead atoms. The summed E-state index contributed by atoms with van der Waals surface area (Å²) >= 11 is 3.47. The number of sulfone groups is 1. The van der Waals surface area contributed by atoms with Crippen LogP contribution in [0.5, 0.6) is 0 Å². The first-order chi connectivity index (χ1) is 12.9.